The summed E-state index contributed by atoms with van der Waals surface area (Å²) in [5.74, 6) is 0. The number of nitrogens with zero attached hydrogens (tertiary/aromatic N) is 2. The van der Waals surface area contributed by atoms with Gasteiger partial charge >= 0.3 is 0 Å². The minimum absolute atomic E-state index is 0.129. The molecule has 6 nitrogen and oxygen atoms in total. The summed E-state index contributed by atoms with van der Waals surface area (Å²) in [4.78, 5) is 0.202. The van der Waals surface area contributed by atoms with Crippen LogP contribution in [0.25, 0.3) is 0 Å². The maximum absolute atomic E-state index is 12.2. The van der Waals surface area contributed by atoms with Gasteiger partial charge in [0.05, 0.1) is 18.5 Å². The number of hydrogen-bond acceptors (Lipinski definition) is 4. The Balaban J connectivity index is 2.36. The first-order valence-corrected chi connectivity index (χ1v) is 6.64. The maximum atomic E-state index is 12.2. The zero-order chi connectivity index (χ0) is 11.8. The number of H-pyrrole nitrogens is 1. The highest BCUT2D eigenvalue weighted by Crippen LogP contribution is 2.26. The van der Waals surface area contributed by atoms with E-state index in [9.17, 15) is 8.42 Å². The van der Waals surface area contributed by atoms with Gasteiger partial charge in [-0.3, -0.25) is 5.10 Å². The molecule has 0 bridgehead atoms. The van der Waals surface area contributed by atoms with Gasteiger partial charge in [0.15, 0.2) is 0 Å². The van der Waals surface area contributed by atoms with Crippen LogP contribution in [0.5, 0.6) is 0 Å². The number of rotatable bonds is 3. The van der Waals surface area contributed by atoms with Crippen LogP contribution in [0, 0.1) is 6.92 Å². The average molecular weight is 245 g/mol. The third kappa shape index (κ3) is 1.74. The summed E-state index contributed by atoms with van der Waals surface area (Å²) in [6.45, 7) is 2.01. The monoisotopic (exact) mass is 245 g/mol. The summed E-state index contributed by atoms with van der Waals surface area (Å²) in [6.07, 6.45) is 2.82. The van der Waals surface area contributed by atoms with Crippen molar-refractivity contribution in [1.29, 1.82) is 0 Å². The third-order valence-corrected chi connectivity index (χ3v) is 4.97. The molecule has 1 fully saturated rings. The third-order valence-electron chi connectivity index (χ3n) is 2.90. The van der Waals surface area contributed by atoms with Crippen molar-refractivity contribution in [3.8, 4) is 0 Å². The molecule has 0 spiro atoms. The molecule has 1 aromatic heterocycles. The molecule has 90 valence electrons. The summed E-state index contributed by atoms with van der Waals surface area (Å²) in [5, 5.41) is 15.5. The lowest BCUT2D eigenvalue weighted by atomic mass is 10.2. The Kier molecular flexibility index (Phi) is 3.00. The smallest absolute Gasteiger partial charge is 0.246 e. The van der Waals surface area contributed by atoms with Crippen molar-refractivity contribution < 1.29 is 13.5 Å². The molecule has 2 heterocycles. The normalized spacial score (nSPS) is 22.8. The second kappa shape index (κ2) is 4.15. The number of sulfonamides is 1. The standard InChI is InChI=1S/C9H15N3O3S/c1-7-9(5-10-11-7)16(14,15)12-4-2-3-8(12)6-13/h5,8,13H,2-4,6H2,1H3,(H,10,11)/t8-/m1/s1. The van der Waals surface area contributed by atoms with Crippen LogP contribution in [0.1, 0.15) is 18.5 Å². The molecular weight excluding hydrogens is 230 g/mol. The minimum Gasteiger partial charge on any atom is -0.395 e. The van der Waals surface area contributed by atoms with E-state index in [-0.39, 0.29) is 17.5 Å². The van der Waals surface area contributed by atoms with Crippen molar-refractivity contribution in [2.75, 3.05) is 13.2 Å². The van der Waals surface area contributed by atoms with Crippen molar-refractivity contribution in [2.45, 2.75) is 30.7 Å². The molecule has 7 heteroatoms. The van der Waals surface area contributed by atoms with Crippen LogP contribution < -0.4 is 0 Å². The first-order valence-electron chi connectivity index (χ1n) is 5.20. The van der Waals surface area contributed by atoms with Crippen LogP contribution >= 0.6 is 0 Å². The van der Waals surface area contributed by atoms with Crippen LogP contribution in [0.4, 0.5) is 0 Å². The highest BCUT2D eigenvalue weighted by atomic mass is 32.2. The predicted octanol–water partition coefficient (Wildman–Crippen LogP) is -0.136. The topological polar surface area (TPSA) is 86.3 Å². The quantitative estimate of drug-likeness (QED) is 0.776. The van der Waals surface area contributed by atoms with E-state index in [0.717, 1.165) is 6.42 Å². The molecule has 0 aliphatic carbocycles. The lowest BCUT2D eigenvalue weighted by Crippen LogP contribution is -2.37. The van der Waals surface area contributed by atoms with Gasteiger partial charge in [0.25, 0.3) is 0 Å². The minimum atomic E-state index is -3.51. The zero-order valence-corrected chi connectivity index (χ0v) is 9.87. The van der Waals surface area contributed by atoms with Gasteiger partial charge in [0, 0.05) is 12.6 Å². The Labute approximate surface area is 94.3 Å². The van der Waals surface area contributed by atoms with E-state index in [1.54, 1.807) is 6.92 Å². The van der Waals surface area contributed by atoms with Gasteiger partial charge in [0.1, 0.15) is 4.90 Å². The van der Waals surface area contributed by atoms with Gasteiger partial charge in [-0.05, 0) is 19.8 Å². The summed E-state index contributed by atoms with van der Waals surface area (Å²) in [6, 6.07) is -0.292. The van der Waals surface area contributed by atoms with Gasteiger partial charge in [-0.2, -0.15) is 9.40 Å². The predicted molar refractivity (Wildman–Crippen MR) is 57.3 cm³/mol. The van der Waals surface area contributed by atoms with Gasteiger partial charge < -0.3 is 5.11 Å². The van der Waals surface area contributed by atoms with Crippen molar-refractivity contribution in [2.24, 2.45) is 0 Å². The van der Waals surface area contributed by atoms with E-state index < -0.39 is 10.0 Å². The van der Waals surface area contributed by atoms with E-state index in [1.807, 2.05) is 0 Å². The van der Waals surface area contributed by atoms with Crippen LogP contribution in [-0.4, -0.2) is 47.2 Å². The molecule has 0 aromatic carbocycles. The molecule has 1 atom stereocenters. The van der Waals surface area contributed by atoms with Gasteiger partial charge in [-0.25, -0.2) is 8.42 Å². The number of aromatic amines is 1. The summed E-state index contributed by atoms with van der Waals surface area (Å²) >= 11 is 0. The average Bonchev–Trinajstić information content (AvgIpc) is 2.85. The van der Waals surface area contributed by atoms with E-state index in [1.165, 1.54) is 10.5 Å². The molecule has 0 saturated carbocycles. The largest absolute Gasteiger partial charge is 0.395 e. The molecular formula is C9H15N3O3S. The lowest BCUT2D eigenvalue weighted by Gasteiger charge is -2.21. The van der Waals surface area contributed by atoms with E-state index >= 15 is 0 Å². The highest BCUT2D eigenvalue weighted by molar-refractivity contribution is 7.89. The number of aliphatic hydroxyl groups excluding tert-OH is 1. The fourth-order valence-corrected chi connectivity index (χ4v) is 3.84. The first kappa shape index (κ1) is 11.6. The van der Waals surface area contributed by atoms with Gasteiger partial charge in [-0.15, -0.1) is 0 Å². The second-order valence-corrected chi connectivity index (χ2v) is 5.81. The lowest BCUT2D eigenvalue weighted by molar-refractivity contribution is 0.213. The van der Waals surface area contributed by atoms with E-state index in [2.05, 4.69) is 10.2 Å². The molecule has 0 amide bonds. The molecule has 1 saturated heterocycles. The van der Waals surface area contributed by atoms with Crippen LogP contribution in [-0.2, 0) is 10.0 Å². The number of aromatic nitrogens is 2. The van der Waals surface area contributed by atoms with Crippen LogP contribution in [0.2, 0.25) is 0 Å². The fraction of sp³-hybridized carbons (Fsp3) is 0.667. The van der Waals surface area contributed by atoms with E-state index in [0.29, 0.717) is 18.7 Å². The molecule has 0 unspecified atom stereocenters. The van der Waals surface area contributed by atoms with E-state index in [4.69, 9.17) is 5.11 Å². The Bertz CT molecular complexity index is 468. The van der Waals surface area contributed by atoms with Crippen molar-refractivity contribution >= 4 is 10.0 Å². The Morgan fingerprint density at radius 3 is 3.00 bits per heavy atom. The Hall–Kier alpha value is -0.920. The number of hydrogen-bond donors (Lipinski definition) is 2. The summed E-state index contributed by atoms with van der Waals surface area (Å²) in [7, 11) is -3.51. The molecule has 1 aliphatic heterocycles. The first-order chi connectivity index (χ1) is 7.57. The molecule has 2 rings (SSSR count). The Morgan fingerprint density at radius 1 is 1.69 bits per heavy atom. The molecule has 0 radical (unpaired) electrons. The van der Waals surface area contributed by atoms with Crippen molar-refractivity contribution in [1.82, 2.24) is 14.5 Å². The van der Waals surface area contributed by atoms with Crippen LogP contribution in [0.3, 0.4) is 0 Å². The molecule has 2 N–H and O–H groups in total. The summed E-state index contributed by atoms with van der Waals surface area (Å²) < 4.78 is 25.8. The maximum Gasteiger partial charge on any atom is 0.246 e. The van der Waals surface area contributed by atoms with Crippen LogP contribution in [0.15, 0.2) is 11.1 Å². The van der Waals surface area contributed by atoms with Crippen molar-refractivity contribution in [3.05, 3.63) is 11.9 Å². The number of aliphatic hydroxyl groups is 1. The zero-order valence-electron chi connectivity index (χ0n) is 9.05. The number of aryl methyl sites for hydroxylation is 1. The molecule has 1 aliphatic rings. The second-order valence-electron chi connectivity index (χ2n) is 3.95. The highest BCUT2D eigenvalue weighted by Gasteiger charge is 2.36. The van der Waals surface area contributed by atoms with Gasteiger partial charge in [-0.1, -0.05) is 0 Å². The van der Waals surface area contributed by atoms with Gasteiger partial charge in [0.2, 0.25) is 10.0 Å². The Morgan fingerprint density at radius 2 is 2.44 bits per heavy atom. The van der Waals surface area contributed by atoms with Crippen molar-refractivity contribution in [3.63, 3.8) is 0 Å². The molecule has 16 heavy (non-hydrogen) atoms. The fourth-order valence-electron chi connectivity index (χ4n) is 2.03. The molecule has 1 aromatic rings. The summed E-state index contributed by atoms with van der Waals surface area (Å²) in [5.41, 5.74) is 0.531. The number of nitrogens with one attached hydrogen (secondary N) is 1. The SMILES string of the molecule is Cc1[nH]ncc1S(=O)(=O)N1CCC[C@@H]1CO.